The highest BCUT2D eigenvalue weighted by Crippen LogP contribution is 2.32. The molecule has 2 amide bonds. The van der Waals surface area contributed by atoms with Crippen molar-refractivity contribution in [3.8, 4) is 17.0 Å². The first-order valence-electron chi connectivity index (χ1n) is 11.3. The Balaban J connectivity index is 1.33. The Morgan fingerprint density at radius 1 is 1.17 bits per heavy atom. The van der Waals surface area contributed by atoms with Gasteiger partial charge in [-0.25, -0.2) is 9.97 Å². The van der Waals surface area contributed by atoms with Crippen LogP contribution in [0.25, 0.3) is 11.1 Å². The Morgan fingerprint density at radius 2 is 1.97 bits per heavy atom. The number of ether oxygens (including phenoxy) is 1. The molecule has 0 aliphatic carbocycles. The van der Waals surface area contributed by atoms with Gasteiger partial charge < -0.3 is 25.4 Å². The number of hydrogen-bond acceptors (Lipinski definition) is 7. The number of carbonyl (C=O) groups is 2. The van der Waals surface area contributed by atoms with Gasteiger partial charge in [-0.3, -0.25) is 9.59 Å². The van der Waals surface area contributed by atoms with Gasteiger partial charge in [0, 0.05) is 29.4 Å². The highest BCUT2D eigenvalue weighted by Gasteiger charge is 2.29. The summed E-state index contributed by atoms with van der Waals surface area (Å²) >= 11 is 6.56. The molecule has 3 heterocycles. The summed E-state index contributed by atoms with van der Waals surface area (Å²) in [7, 11) is 0. The Kier molecular flexibility index (Phi) is 6.27. The van der Waals surface area contributed by atoms with Crippen molar-refractivity contribution >= 4 is 34.9 Å². The maximum Gasteiger partial charge on any atom is 0.267 e. The molecule has 2 aliphatic rings. The van der Waals surface area contributed by atoms with Gasteiger partial charge in [-0.1, -0.05) is 35.9 Å². The van der Waals surface area contributed by atoms with E-state index in [1.54, 1.807) is 15.9 Å². The van der Waals surface area contributed by atoms with Crippen LogP contribution in [-0.4, -0.2) is 64.1 Å². The van der Waals surface area contributed by atoms with Crippen molar-refractivity contribution in [2.45, 2.75) is 18.9 Å². The number of halogens is 1. The SMILES string of the molecule is Nc1ncnc2c1C(=O)N(c1ccc(-c3ccc(CC(=O)N4CCC(O)C4)cc3Cl)cc1)CCO2. The minimum Gasteiger partial charge on any atom is -0.475 e. The van der Waals surface area contributed by atoms with E-state index in [0.29, 0.717) is 36.8 Å². The van der Waals surface area contributed by atoms with E-state index < -0.39 is 6.10 Å². The van der Waals surface area contributed by atoms with Crippen molar-refractivity contribution in [1.29, 1.82) is 0 Å². The summed E-state index contributed by atoms with van der Waals surface area (Å²) < 4.78 is 5.59. The van der Waals surface area contributed by atoms with Crippen LogP contribution in [0.1, 0.15) is 22.3 Å². The lowest BCUT2D eigenvalue weighted by atomic mass is 10.0. The van der Waals surface area contributed by atoms with E-state index in [-0.39, 0.29) is 42.1 Å². The lowest BCUT2D eigenvalue weighted by Crippen LogP contribution is -2.32. The molecule has 1 saturated heterocycles. The Morgan fingerprint density at radius 3 is 2.69 bits per heavy atom. The number of nitrogens with two attached hydrogens (primary N) is 1. The lowest BCUT2D eigenvalue weighted by molar-refractivity contribution is -0.129. The molecule has 180 valence electrons. The molecule has 1 aromatic heterocycles. The molecular formula is C25H24ClN5O4. The van der Waals surface area contributed by atoms with E-state index in [0.717, 1.165) is 16.7 Å². The number of benzene rings is 2. The quantitative estimate of drug-likeness (QED) is 0.572. The Labute approximate surface area is 207 Å². The molecule has 3 aromatic rings. The third-order valence-corrected chi connectivity index (χ3v) is 6.56. The molecule has 0 saturated carbocycles. The molecule has 1 fully saturated rings. The molecule has 1 unspecified atom stereocenters. The Hall–Kier alpha value is -3.69. The molecule has 0 radical (unpaired) electrons. The molecule has 1 atom stereocenters. The fraction of sp³-hybridized carbons (Fsp3) is 0.280. The third-order valence-electron chi connectivity index (χ3n) is 6.25. The van der Waals surface area contributed by atoms with Crippen molar-refractivity contribution in [3.05, 3.63) is 64.9 Å². The summed E-state index contributed by atoms with van der Waals surface area (Å²) in [4.78, 5) is 36.8. The van der Waals surface area contributed by atoms with Crippen LogP contribution in [0.15, 0.2) is 48.8 Å². The average molecular weight is 494 g/mol. The number of amides is 2. The largest absolute Gasteiger partial charge is 0.475 e. The lowest BCUT2D eigenvalue weighted by Gasteiger charge is -2.20. The number of aliphatic hydroxyl groups excluding tert-OH is 1. The molecule has 35 heavy (non-hydrogen) atoms. The van der Waals surface area contributed by atoms with Crippen molar-refractivity contribution in [2.75, 3.05) is 36.9 Å². The van der Waals surface area contributed by atoms with E-state index in [9.17, 15) is 14.7 Å². The summed E-state index contributed by atoms with van der Waals surface area (Å²) in [6.45, 7) is 1.58. The number of likely N-dealkylation sites (tertiary alicyclic amines) is 1. The minimum atomic E-state index is -0.439. The molecule has 10 heteroatoms. The first kappa shape index (κ1) is 23.1. The predicted octanol–water partition coefficient (Wildman–Crippen LogP) is 2.55. The van der Waals surface area contributed by atoms with Crippen LogP contribution in [0.4, 0.5) is 11.5 Å². The number of nitrogens with zero attached hydrogens (tertiary/aromatic N) is 4. The molecule has 3 N–H and O–H groups in total. The van der Waals surface area contributed by atoms with Crippen molar-refractivity contribution in [3.63, 3.8) is 0 Å². The number of carbonyl (C=O) groups excluding carboxylic acids is 2. The maximum atomic E-state index is 13.1. The van der Waals surface area contributed by atoms with Gasteiger partial charge in [0.2, 0.25) is 11.8 Å². The number of nitrogen functional groups attached to an aromatic ring is 1. The highest BCUT2D eigenvalue weighted by molar-refractivity contribution is 6.33. The van der Waals surface area contributed by atoms with Crippen LogP contribution in [0, 0.1) is 0 Å². The van der Waals surface area contributed by atoms with Gasteiger partial charge in [0.05, 0.1) is 19.1 Å². The monoisotopic (exact) mass is 493 g/mol. The first-order chi connectivity index (χ1) is 16.9. The molecular weight excluding hydrogens is 470 g/mol. The van der Waals surface area contributed by atoms with Crippen molar-refractivity contribution in [1.82, 2.24) is 14.9 Å². The summed E-state index contributed by atoms with van der Waals surface area (Å²) in [6.07, 6.45) is 1.68. The highest BCUT2D eigenvalue weighted by atomic mass is 35.5. The molecule has 0 bridgehead atoms. The van der Waals surface area contributed by atoms with E-state index in [4.69, 9.17) is 22.1 Å². The third kappa shape index (κ3) is 4.65. The maximum absolute atomic E-state index is 13.1. The summed E-state index contributed by atoms with van der Waals surface area (Å²) in [5.41, 5.74) is 9.27. The Bertz CT molecular complexity index is 1280. The van der Waals surface area contributed by atoms with Crippen LogP contribution < -0.4 is 15.4 Å². The summed E-state index contributed by atoms with van der Waals surface area (Å²) in [6, 6.07) is 13.0. The number of aliphatic hydroxyl groups is 1. The zero-order valence-electron chi connectivity index (χ0n) is 18.9. The zero-order valence-corrected chi connectivity index (χ0v) is 19.6. The van der Waals surface area contributed by atoms with Gasteiger partial charge in [0.15, 0.2) is 0 Å². The van der Waals surface area contributed by atoms with E-state index in [1.807, 2.05) is 36.4 Å². The van der Waals surface area contributed by atoms with Gasteiger partial charge >= 0.3 is 0 Å². The van der Waals surface area contributed by atoms with Crippen molar-refractivity contribution < 1.29 is 19.4 Å². The first-order valence-corrected chi connectivity index (χ1v) is 11.7. The fourth-order valence-electron chi connectivity index (χ4n) is 4.39. The second-order valence-electron chi connectivity index (χ2n) is 8.56. The molecule has 5 rings (SSSR count). The van der Waals surface area contributed by atoms with Gasteiger partial charge in [-0.15, -0.1) is 0 Å². The molecule has 2 aromatic carbocycles. The second kappa shape index (κ2) is 9.52. The fourth-order valence-corrected chi connectivity index (χ4v) is 4.70. The number of hydrogen-bond donors (Lipinski definition) is 2. The zero-order chi connectivity index (χ0) is 24.5. The number of rotatable bonds is 4. The summed E-state index contributed by atoms with van der Waals surface area (Å²) in [5, 5.41) is 10.2. The van der Waals surface area contributed by atoms with Crippen LogP contribution in [-0.2, 0) is 11.2 Å². The normalized spacial score (nSPS) is 17.7. The molecule has 9 nitrogen and oxygen atoms in total. The number of anilines is 2. The van der Waals surface area contributed by atoms with Gasteiger partial charge in [-0.2, -0.15) is 0 Å². The number of fused-ring (bicyclic) bond motifs is 1. The van der Waals surface area contributed by atoms with Crippen LogP contribution in [0.3, 0.4) is 0 Å². The molecule has 0 spiro atoms. The van der Waals surface area contributed by atoms with E-state index in [1.165, 1.54) is 6.33 Å². The van der Waals surface area contributed by atoms with E-state index in [2.05, 4.69) is 9.97 Å². The molecule has 2 aliphatic heterocycles. The second-order valence-corrected chi connectivity index (χ2v) is 8.97. The van der Waals surface area contributed by atoms with Crippen LogP contribution in [0.5, 0.6) is 5.88 Å². The predicted molar refractivity (Wildman–Crippen MR) is 131 cm³/mol. The minimum absolute atomic E-state index is 0.0200. The summed E-state index contributed by atoms with van der Waals surface area (Å²) in [5.74, 6) is -0.0722. The van der Waals surface area contributed by atoms with Crippen molar-refractivity contribution in [2.24, 2.45) is 0 Å². The number of aromatic nitrogens is 2. The topological polar surface area (TPSA) is 122 Å². The number of β-amino-alcohol motifs (C(OH)–C–C–N with tert-alkyl or cyclic N) is 1. The van der Waals surface area contributed by atoms with Gasteiger partial charge in [0.25, 0.3) is 5.91 Å². The van der Waals surface area contributed by atoms with Gasteiger partial charge in [0.1, 0.15) is 24.3 Å². The van der Waals surface area contributed by atoms with E-state index >= 15 is 0 Å². The average Bonchev–Trinajstić information content (AvgIpc) is 3.20. The van der Waals surface area contributed by atoms with Crippen LogP contribution in [0.2, 0.25) is 5.02 Å². The smallest absolute Gasteiger partial charge is 0.267 e. The van der Waals surface area contributed by atoms with Gasteiger partial charge in [-0.05, 0) is 35.7 Å². The standard InChI is InChI=1S/C25H24ClN5O4/c26-20-11-15(12-21(33)30-8-7-18(32)13-30)1-6-19(20)16-2-4-17(5-3-16)31-9-10-35-24-22(25(31)34)23(27)28-14-29-24/h1-6,11,14,18,32H,7-10,12-13H2,(H2,27,28,29). The van der Waals surface area contributed by atoms with Crippen LogP contribution >= 0.6 is 11.6 Å².